The minimum atomic E-state index is -0.754. The van der Waals surface area contributed by atoms with Crippen molar-refractivity contribution in [3.05, 3.63) is 56.1 Å². The van der Waals surface area contributed by atoms with E-state index in [9.17, 15) is 30.1 Å². The zero-order valence-electron chi connectivity index (χ0n) is 28.5. The molecule has 1 aromatic carbocycles. The molecule has 0 bridgehead atoms. The van der Waals surface area contributed by atoms with E-state index in [1.165, 1.54) is 18.4 Å². The van der Waals surface area contributed by atoms with E-state index >= 15 is 0 Å². The standard InChI is InChI=1S/C37H52N2O7/c1-22(2)26-10-15-37(21-46-32(41)23-18-24(38(42)43)20-25(19-23)39(44)45)17-16-35(6)27(31(26)37)8-9-29-34(5)13-12-30(40)33(3,4)28(34)11-14-36(29,35)7/h18-20,26-31,40H,1,8-17,21H2,2-7H3/t26-,27+,28-,29+,30-,31+,34-,35+,36+,37+/m0/s1. The summed E-state index contributed by atoms with van der Waals surface area (Å²) < 4.78 is 6.00. The van der Waals surface area contributed by atoms with E-state index in [4.69, 9.17) is 4.74 Å². The van der Waals surface area contributed by atoms with Crippen molar-refractivity contribution in [1.29, 1.82) is 0 Å². The normalized spacial score (nSPS) is 42.5. The van der Waals surface area contributed by atoms with Crippen molar-refractivity contribution >= 4 is 17.3 Å². The number of fused-ring (bicyclic) bond motifs is 7. The van der Waals surface area contributed by atoms with Crippen LogP contribution >= 0.6 is 0 Å². The van der Waals surface area contributed by atoms with E-state index in [2.05, 4.69) is 48.1 Å². The lowest BCUT2D eigenvalue weighted by Gasteiger charge is -2.73. The van der Waals surface area contributed by atoms with Crippen LogP contribution in [0.25, 0.3) is 0 Å². The highest BCUT2D eigenvalue weighted by Crippen LogP contribution is 2.77. The largest absolute Gasteiger partial charge is 0.461 e. The summed E-state index contributed by atoms with van der Waals surface area (Å²) in [7, 11) is 0. The van der Waals surface area contributed by atoms with Crippen LogP contribution in [0.3, 0.4) is 0 Å². The Balaban J connectivity index is 1.30. The van der Waals surface area contributed by atoms with Crippen LogP contribution in [0.5, 0.6) is 0 Å². The number of carbonyl (C=O) groups excluding carboxylic acids is 1. The summed E-state index contributed by atoms with van der Waals surface area (Å²) >= 11 is 0. The summed E-state index contributed by atoms with van der Waals surface area (Å²) in [6.45, 7) is 19.0. The average Bonchev–Trinajstić information content (AvgIpc) is 3.38. The maximum absolute atomic E-state index is 13.4. The molecule has 46 heavy (non-hydrogen) atoms. The number of nitro groups is 2. The third kappa shape index (κ3) is 4.61. The fraction of sp³-hybridized carbons (Fsp3) is 0.757. The summed E-state index contributed by atoms with van der Waals surface area (Å²) in [6.07, 6.45) is 10.2. The number of allylic oxidation sites excluding steroid dienone is 1. The van der Waals surface area contributed by atoms with Gasteiger partial charge in [0.2, 0.25) is 0 Å². The van der Waals surface area contributed by atoms with Crippen molar-refractivity contribution in [2.45, 2.75) is 112 Å². The summed E-state index contributed by atoms with van der Waals surface area (Å²) in [5.41, 5.74) is 0.165. The van der Waals surface area contributed by atoms with Crippen molar-refractivity contribution in [2.24, 2.45) is 56.7 Å². The molecule has 0 unspecified atom stereocenters. The molecule has 5 aliphatic carbocycles. The highest BCUT2D eigenvalue weighted by atomic mass is 16.6. The van der Waals surface area contributed by atoms with Crippen molar-refractivity contribution < 1.29 is 24.5 Å². The first-order valence-corrected chi connectivity index (χ1v) is 17.4. The first-order valence-electron chi connectivity index (χ1n) is 17.4. The molecule has 0 heterocycles. The molecule has 0 amide bonds. The van der Waals surface area contributed by atoms with Gasteiger partial charge in [-0.05, 0) is 122 Å². The third-order valence-electron chi connectivity index (χ3n) is 15.3. The second kappa shape index (κ2) is 10.9. The van der Waals surface area contributed by atoms with E-state index in [1.807, 2.05) is 0 Å². The fourth-order valence-electron chi connectivity index (χ4n) is 12.7. The summed E-state index contributed by atoms with van der Waals surface area (Å²) in [6, 6.07) is 3.00. The molecule has 0 aliphatic heterocycles. The molecule has 5 aliphatic rings. The van der Waals surface area contributed by atoms with Crippen LogP contribution in [0.15, 0.2) is 30.4 Å². The number of non-ortho nitro benzene ring substituents is 2. The predicted octanol–water partition coefficient (Wildman–Crippen LogP) is 8.68. The Morgan fingerprint density at radius 3 is 2.13 bits per heavy atom. The van der Waals surface area contributed by atoms with Crippen molar-refractivity contribution in [3.8, 4) is 0 Å². The lowest BCUT2D eigenvalue weighted by Crippen LogP contribution is -2.66. The Kier molecular flexibility index (Phi) is 7.81. The molecule has 9 heteroatoms. The number of esters is 1. The van der Waals surface area contributed by atoms with Gasteiger partial charge in [0, 0.05) is 17.5 Å². The van der Waals surface area contributed by atoms with Crippen LogP contribution in [-0.2, 0) is 4.74 Å². The Morgan fingerprint density at radius 1 is 0.870 bits per heavy atom. The summed E-state index contributed by atoms with van der Waals surface area (Å²) in [4.78, 5) is 34.8. The lowest BCUT2D eigenvalue weighted by molar-refractivity contribution is -0.394. The molecular formula is C37H52N2O7. The smallest absolute Gasteiger partial charge is 0.338 e. The minimum absolute atomic E-state index is 0.0895. The van der Waals surface area contributed by atoms with Crippen LogP contribution in [0.2, 0.25) is 0 Å². The molecule has 6 rings (SSSR count). The fourth-order valence-corrected chi connectivity index (χ4v) is 12.7. The van der Waals surface area contributed by atoms with Gasteiger partial charge in [0.15, 0.2) is 0 Å². The van der Waals surface area contributed by atoms with Gasteiger partial charge in [-0.1, -0.05) is 46.8 Å². The average molecular weight is 637 g/mol. The third-order valence-corrected chi connectivity index (χ3v) is 15.3. The van der Waals surface area contributed by atoms with E-state index in [0.717, 1.165) is 69.6 Å². The van der Waals surface area contributed by atoms with Gasteiger partial charge in [-0.15, -0.1) is 0 Å². The number of nitrogens with zero attached hydrogens (tertiary/aromatic N) is 2. The Bertz CT molecular complexity index is 1440. The number of benzene rings is 1. The Hall–Kier alpha value is -2.81. The van der Waals surface area contributed by atoms with Gasteiger partial charge in [-0.2, -0.15) is 0 Å². The molecular weight excluding hydrogens is 584 g/mol. The second-order valence-corrected chi connectivity index (χ2v) is 17.3. The molecule has 10 atom stereocenters. The number of aliphatic hydroxyl groups is 1. The van der Waals surface area contributed by atoms with Gasteiger partial charge in [0.25, 0.3) is 11.4 Å². The van der Waals surface area contributed by atoms with E-state index < -0.39 is 27.2 Å². The SMILES string of the molecule is C=C(C)[C@@H]1CC[C@]2(COC(=O)c3cc([N+](=O)[O-])cc([N+](=O)[O-])c3)CC[C@]3(C)[C@H](CC[C@@H]4[C@@]5(C)CC[C@H](O)C(C)(C)[C@@H]5CC[C@]43C)[C@@H]12. The van der Waals surface area contributed by atoms with Crippen LogP contribution < -0.4 is 0 Å². The monoisotopic (exact) mass is 636 g/mol. The molecule has 0 saturated heterocycles. The van der Waals surface area contributed by atoms with Crippen molar-refractivity contribution in [3.63, 3.8) is 0 Å². The summed E-state index contributed by atoms with van der Waals surface area (Å²) in [5, 5.41) is 33.9. The number of nitro benzene ring substituents is 2. The molecule has 1 aromatic rings. The zero-order chi connectivity index (χ0) is 33.6. The highest BCUT2D eigenvalue weighted by Gasteiger charge is 2.71. The number of aliphatic hydroxyl groups excluding tert-OH is 1. The first-order chi connectivity index (χ1) is 21.4. The van der Waals surface area contributed by atoms with Crippen LogP contribution in [-0.4, -0.2) is 33.6 Å². The number of hydrogen-bond acceptors (Lipinski definition) is 7. The van der Waals surface area contributed by atoms with E-state index in [1.54, 1.807) is 0 Å². The highest BCUT2D eigenvalue weighted by molar-refractivity contribution is 5.91. The second-order valence-electron chi connectivity index (χ2n) is 17.3. The molecule has 5 saturated carbocycles. The number of ether oxygens (including phenoxy) is 1. The quantitative estimate of drug-likeness (QED) is 0.143. The van der Waals surface area contributed by atoms with Gasteiger partial charge in [-0.25, -0.2) is 4.79 Å². The van der Waals surface area contributed by atoms with Crippen molar-refractivity contribution in [1.82, 2.24) is 0 Å². The van der Waals surface area contributed by atoms with Crippen LogP contribution in [0, 0.1) is 76.9 Å². The molecule has 5 fully saturated rings. The lowest BCUT2D eigenvalue weighted by atomic mass is 9.32. The topological polar surface area (TPSA) is 133 Å². The zero-order valence-corrected chi connectivity index (χ0v) is 28.5. The predicted molar refractivity (Wildman–Crippen MR) is 175 cm³/mol. The number of carbonyl (C=O) groups is 1. The van der Waals surface area contributed by atoms with Gasteiger partial charge in [-0.3, -0.25) is 20.2 Å². The van der Waals surface area contributed by atoms with Crippen LogP contribution in [0.4, 0.5) is 11.4 Å². The molecule has 0 radical (unpaired) electrons. The Labute approximate surface area is 272 Å². The summed E-state index contributed by atoms with van der Waals surface area (Å²) in [5.74, 6) is 1.43. The molecule has 1 N–H and O–H groups in total. The number of hydrogen-bond donors (Lipinski definition) is 1. The maximum Gasteiger partial charge on any atom is 0.338 e. The van der Waals surface area contributed by atoms with Gasteiger partial charge < -0.3 is 9.84 Å². The molecule has 9 nitrogen and oxygen atoms in total. The first kappa shape index (κ1) is 33.1. The Morgan fingerprint density at radius 2 is 1.52 bits per heavy atom. The van der Waals surface area contributed by atoms with Gasteiger partial charge in [0.05, 0.1) is 34.2 Å². The van der Waals surface area contributed by atoms with E-state index in [-0.39, 0.29) is 45.3 Å². The van der Waals surface area contributed by atoms with E-state index in [0.29, 0.717) is 29.6 Å². The van der Waals surface area contributed by atoms with Gasteiger partial charge in [0.1, 0.15) is 0 Å². The molecule has 0 spiro atoms. The molecule has 252 valence electrons. The van der Waals surface area contributed by atoms with Crippen molar-refractivity contribution in [2.75, 3.05) is 6.61 Å². The minimum Gasteiger partial charge on any atom is -0.461 e. The van der Waals surface area contributed by atoms with Gasteiger partial charge >= 0.3 is 5.97 Å². The number of rotatable bonds is 6. The maximum atomic E-state index is 13.4. The van der Waals surface area contributed by atoms with Crippen LogP contribution in [0.1, 0.15) is 116 Å². The molecule has 0 aromatic heterocycles.